The second kappa shape index (κ2) is 6.04. The number of hydrogen-bond donors (Lipinski definition) is 3. The molecule has 1 aromatic heterocycles. The van der Waals surface area contributed by atoms with Crippen molar-refractivity contribution in [3.8, 4) is 0 Å². The lowest BCUT2D eigenvalue weighted by Gasteiger charge is -2.34. The summed E-state index contributed by atoms with van der Waals surface area (Å²) < 4.78 is 26.8. The quantitative estimate of drug-likeness (QED) is 0.653. The highest BCUT2D eigenvalue weighted by Gasteiger charge is 2.31. The Hall–Kier alpha value is -2.17. The first kappa shape index (κ1) is 16.7. The fraction of sp³-hybridized carbons (Fsp3) is 0.429. The van der Waals surface area contributed by atoms with E-state index in [2.05, 4.69) is 9.97 Å². The van der Waals surface area contributed by atoms with E-state index in [4.69, 9.17) is 5.73 Å². The predicted octanol–water partition coefficient (Wildman–Crippen LogP) is -0.964. The number of rotatable bonds is 3. The third kappa shape index (κ3) is 2.95. The van der Waals surface area contributed by atoms with Crippen LogP contribution in [-0.2, 0) is 14.8 Å². The van der Waals surface area contributed by atoms with Crippen LogP contribution in [0.15, 0.2) is 27.9 Å². The maximum Gasteiger partial charge on any atom is 0.323 e. The molecule has 0 spiro atoms. The van der Waals surface area contributed by atoms with Crippen molar-refractivity contribution < 1.29 is 13.2 Å². The minimum Gasteiger partial charge on any atom is -0.339 e. The lowest BCUT2D eigenvalue weighted by atomic mass is 10.2. The van der Waals surface area contributed by atoms with Crippen LogP contribution in [0.25, 0.3) is 11.0 Å². The Labute approximate surface area is 138 Å². The van der Waals surface area contributed by atoms with Gasteiger partial charge in [0, 0.05) is 26.2 Å². The minimum atomic E-state index is -3.69. The Bertz CT molecular complexity index is 922. The van der Waals surface area contributed by atoms with E-state index in [1.54, 1.807) is 17.9 Å². The van der Waals surface area contributed by atoms with Gasteiger partial charge in [-0.2, -0.15) is 4.31 Å². The molecule has 0 bridgehead atoms. The maximum atomic E-state index is 12.7. The number of nitrogens with zero attached hydrogens (tertiary/aromatic N) is 2. The van der Waals surface area contributed by atoms with Crippen LogP contribution in [0.1, 0.15) is 6.92 Å². The predicted molar refractivity (Wildman–Crippen MR) is 87.9 cm³/mol. The summed E-state index contributed by atoms with van der Waals surface area (Å²) in [6.45, 7) is 2.65. The van der Waals surface area contributed by atoms with Gasteiger partial charge in [-0.3, -0.25) is 4.79 Å². The Balaban J connectivity index is 1.80. The van der Waals surface area contributed by atoms with E-state index in [0.717, 1.165) is 0 Å². The number of hydrogen-bond acceptors (Lipinski definition) is 5. The molecule has 0 saturated carbocycles. The molecule has 130 valence electrons. The van der Waals surface area contributed by atoms with Crippen molar-refractivity contribution >= 4 is 27.0 Å². The average molecular weight is 353 g/mol. The largest absolute Gasteiger partial charge is 0.339 e. The number of benzene rings is 1. The molecule has 2 heterocycles. The molecule has 1 amide bonds. The van der Waals surface area contributed by atoms with Crippen LogP contribution in [0, 0.1) is 0 Å². The Kier molecular flexibility index (Phi) is 4.20. The molecule has 1 aliphatic heterocycles. The number of carbonyl (C=O) groups is 1. The van der Waals surface area contributed by atoms with Crippen LogP contribution in [-0.4, -0.2) is 65.7 Å². The van der Waals surface area contributed by atoms with Crippen molar-refractivity contribution in [2.75, 3.05) is 26.2 Å². The second-order valence-corrected chi connectivity index (χ2v) is 7.74. The number of nitrogens with two attached hydrogens (primary N) is 1. The first-order valence-corrected chi connectivity index (χ1v) is 8.99. The summed E-state index contributed by atoms with van der Waals surface area (Å²) >= 11 is 0. The lowest BCUT2D eigenvalue weighted by molar-refractivity contribution is -0.133. The van der Waals surface area contributed by atoms with Crippen LogP contribution in [0.4, 0.5) is 0 Å². The van der Waals surface area contributed by atoms with Crippen LogP contribution in [0.2, 0.25) is 0 Å². The smallest absolute Gasteiger partial charge is 0.323 e. The normalized spacial score (nSPS) is 18.0. The number of aromatic amines is 2. The Morgan fingerprint density at radius 2 is 1.79 bits per heavy atom. The summed E-state index contributed by atoms with van der Waals surface area (Å²) in [4.78, 5) is 30.0. The van der Waals surface area contributed by atoms with Gasteiger partial charge in [0.2, 0.25) is 15.9 Å². The summed E-state index contributed by atoms with van der Waals surface area (Å²) in [5.74, 6) is -0.182. The van der Waals surface area contributed by atoms with E-state index in [9.17, 15) is 18.0 Å². The molecule has 1 aliphatic rings. The van der Waals surface area contributed by atoms with Gasteiger partial charge in [0.1, 0.15) is 0 Å². The van der Waals surface area contributed by atoms with Crippen LogP contribution >= 0.6 is 0 Å². The summed E-state index contributed by atoms with van der Waals surface area (Å²) in [7, 11) is -3.69. The number of aromatic nitrogens is 2. The number of amides is 1. The van der Waals surface area contributed by atoms with E-state index in [1.807, 2.05) is 0 Å². The summed E-state index contributed by atoms with van der Waals surface area (Å²) in [5, 5.41) is 0. The zero-order chi connectivity index (χ0) is 17.5. The van der Waals surface area contributed by atoms with Gasteiger partial charge < -0.3 is 20.6 Å². The van der Waals surface area contributed by atoms with E-state index >= 15 is 0 Å². The first-order valence-electron chi connectivity index (χ1n) is 7.55. The molecular formula is C14H19N5O4S. The van der Waals surface area contributed by atoms with Crippen molar-refractivity contribution in [3.05, 3.63) is 28.7 Å². The molecule has 1 atom stereocenters. The molecule has 1 fully saturated rings. The van der Waals surface area contributed by atoms with Gasteiger partial charge in [0.15, 0.2) is 0 Å². The van der Waals surface area contributed by atoms with Gasteiger partial charge in [-0.05, 0) is 25.1 Å². The van der Waals surface area contributed by atoms with Crippen LogP contribution < -0.4 is 11.4 Å². The molecular weight excluding hydrogens is 334 g/mol. The molecule has 4 N–H and O–H groups in total. The lowest BCUT2D eigenvalue weighted by Crippen LogP contribution is -2.53. The number of H-pyrrole nitrogens is 2. The molecule has 3 rings (SSSR count). The second-order valence-electron chi connectivity index (χ2n) is 5.80. The van der Waals surface area contributed by atoms with Crippen LogP contribution in [0.5, 0.6) is 0 Å². The zero-order valence-corrected chi connectivity index (χ0v) is 14.0. The van der Waals surface area contributed by atoms with Crippen LogP contribution in [0.3, 0.4) is 0 Å². The fourth-order valence-electron chi connectivity index (χ4n) is 2.76. The van der Waals surface area contributed by atoms with E-state index in [-0.39, 0.29) is 29.6 Å². The molecule has 0 aliphatic carbocycles. The SMILES string of the molecule is C[C@@H](N)C(=O)N1CCN(S(=O)(=O)c2ccc3[nH]c(=O)[nH]c3c2)CC1. The molecule has 24 heavy (non-hydrogen) atoms. The molecule has 0 unspecified atom stereocenters. The van der Waals surface area contributed by atoms with E-state index in [0.29, 0.717) is 24.1 Å². The summed E-state index contributed by atoms with van der Waals surface area (Å²) in [6.07, 6.45) is 0. The summed E-state index contributed by atoms with van der Waals surface area (Å²) in [5.41, 5.74) is 6.18. The molecule has 0 radical (unpaired) electrons. The third-order valence-corrected chi connectivity index (χ3v) is 5.96. The fourth-order valence-corrected chi connectivity index (χ4v) is 4.21. The van der Waals surface area contributed by atoms with E-state index in [1.165, 1.54) is 16.4 Å². The zero-order valence-electron chi connectivity index (χ0n) is 13.2. The standard InChI is InChI=1S/C14H19N5O4S/c1-9(15)13(20)18-4-6-19(7-5-18)24(22,23)10-2-3-11-12(8-10)17-14(21)16-11/h2-3,8-9H,4-7,15H2,1H3,(H2,16,17,21)/t9-/m1/s1. The number of piperazine rings is 1. The van der Waals surface area contributed by atoms with Gasteiger partial charge >= 0.3 is 5.69 Å². The summed E-state index contributed by atoms with van der Waals surface area (Å²) in [6, 6.07) is 3.85. The van der Waals surface area contributed by atoms with Crippen molar-refractivity contribution in [2.24, 2.45) is 5.73 Å². The molecule has 1 aromatic carbocycles. The average Bonchev–Trinajstić information content (AvgIpc) is 2.93. The van der Waals surface area contributed by atoms with Gasteiger partial charge in [0.05, 0.1) is 22.0 Å². The monoisotopic (exact) mass is 353 g/mol. The Morgan fingerprint density at radius 1 is 1.17 bits per heavy atom. The van der Waals surface area contributed by atoms with Gasteiger partial charge in [-0.25, -0.2) is 13.2 Å². The van der Waals surface area contributed by atoms with Crippen molar-refractivity contribution in [3.63, 3.8) is 0 Å². The third-order valence-electron chi connectivity index (χ3n) is 4.07. The molecule has 2 aromatic rings. The van der Waals surface area contributed by atoms with Crippen molar-refractivity contribution in [1.29, 1.82) is 0 Å². The minimum absolute atomic E-state index is 0.109. The first-order chi connectivity index (χ1) is 11.3. The number of imidazole rings is 1. The van der Waals surface area contributed by atoms with Crippen molar-refractivity contribution in [2.45, 2.75) is 17.9 Å². The number of nitrogens with one attached hydrogen (secondary N) is 2. The molecule has 9 nitrogen and oxygen atoms in total. The van der Waals surface area contributed by atoms with E-state index < -0.39 is 16.1 Å². The van der Waals surface area contributed by atoms with Gasteiger partial charge in [0.25, 0.3) is 0 Å². The Morgan fingerprint density at radius 3 is 2.42 bits per heavy atom. The number of sulfonamides is 1. The topological polar surface area (TPSA) is 132 Å². The van der Waals surface area contributed by atoms with Gasteiger partial charge in [-0.1, -0.05) is 0 Å². The number of carbonyl (C=O) groups excluding carboxylic acids is 1. The highest BCUT2D eigenvalue weighted by Crippen LogP contribution is 2.20. The number of fused-ring (bicyclic) bond motifs is 1. The van der Waals surface area contributed by atoms with Gasteiger partial charge in [-0.15, -0.1) is 0 Å². The highest BCUT2D eigenvalue weighted by atomic mass is 32.2. The molecule has 1 saturated heterocycles. The molecule has 10 heteroatoms. The highest BCUT2D eigenvalue weighted by molar-refractivity contribution is 7.89. The van der Waals surface area contributed by atoms with Crippen molar-refractivity contribution in [1.82, 2.24) is 19.2 Å². The maximum absolute atomic E-state index is 12.7.